The van der Waals surface area contributed by atoms with Crippen molar-refractivity contribution in [1.82, 2.24) is 5.32 Å². The van der Waals surface area contributed by atoms with Crippen LogP contribution in [0.5, 0.6) is 0 Å². The number of carbonyl (C=O) groups is 1. The second-order valence-corrected chi connectivity index (χ2v) is 5.91. The van der Waals surface area contributed by atoms with Crippen molar-refractivity contribution in [3.63, 3.8) is 0 Å². The highest BCUT2D eigenvalue weighted by atomic mass is 19.1. The quantitative estimate of drug-likeness (QED) is 0.841. The lowest BCUT2D eigenvalue weighted by molar-refractivity contribution is -0.127. The van der Waals surface area contributed by atoms with E-state index < -0.39 is 5.54 Å². The highest BCUT2D eigenvalue weighted by molar-refractivity contribution is 5.85. The van der Waals surface area contributed by atoms with E-state index >= 15 is 0 Å². The van der Waals surface area contributed by atoms with Crippen molar-refractivity contribution in [1.29, 1.82) is 0 Å². The summed E-state index contributed by atoms with van der Waals surface area (Å²) in [7, 11) is 0. The van der Waals surface area contributed by atoms with Crippen molar-refractivity contribution in [3.05, 3.63) is 35.6 Å². The number of nitrogens with one attached hydrogen (secondary N) is 1. The Hall–Kier alpha value is -1.42. The Morgan fingerprint density at radius 3 is 2.35 bits per heavy atom. The monoisotopic (exact) mass is 280 g/mol. The zero-order chi connectivity index (χ0) is 15.3. The molecule has 2 unspecified atom stereocenters. The second-order valence-electron chi connectivity index (χ2n) is 5.91. The minimum absolute atomic E-state index is 0.164. The predicted molar refractivity (Wildman–Crippen MR) is 79.6 cm³/mol. The molecule has 1 aromatic rings. The number of hydrogen-bond acceptors (Lipinski definition) is 2. The summed E-state index contributed by atoms with van der Waals surface area (Å²) in [6.45, 7) is 7.77. The first-order chi connectivity index (χ1) is 9.27. The molecule has 3 N–H and O–H groups in total. The minimum atomic E-state index is -0.873. The van der Waals surface area contributed by atoms with E-state index in [4.69, 9.17) is 5.73 Å². The van der Waals surface area contributed by atoms with Crippen molar-refractivity contribution in [2.45, 2.75) is 52.1 Å². The van der Waals surface area contributed by atoms with E-state index in [1.54, 1.807) is 19.1 Å². The van der Waals surface area contributed by atoms with E-state index in [1.807, 2.05) is 20.8 Å². The number of carbonyl (C=O) groups excluding carboxylic acids is 1. The number of amides is 1. The fraction of sp³-hybridized carbons (Fsp3) is 0.562. The molecule has 20 heavy (non-hydrogen) atoms. The fourth-order valence-corrected chi connectivity index (χ4v) is 2.24. The lowest BCUT2D eigenvalue weighted by Gasteiger charge is -2.29. The van der Waals surface area contributed by atoms with Gasteiger partial charge in [-0.15, -0.1) is 0 Å². The number of halogens is 1. The molecule has 0 fully saturated rings. The summed E-state index contributed by atoms with van der Waals surface area (Å²) in [5, 5.41) is 2.99. The minimum Gasteiger partial charge on any atom is -0.347 e. The van der Waals surface area contributed by atoms with Gasteiger partial charge in [0.15, 0.2) is 0 Å². The van der Waals surface area contributed by atoms with Gasteiger partial charge in [-0.1, -0.05) is 39.3 Å². The molecule has 1 aromatic carbocycles. The predicted octanol–water partition coefficient (Wildman–Crippen LogP) is 3.16. The van der Waals surface area contributed by atoms with Crippen LogP contribution < -0.4 is 11.1 Å². The summed E-state index contributed by atoms with van der Waals surface area (Å²) >= 11 is 0. The molecule has 112 valence electrons. The number of rotatable bonds is 6. The normalized spacial score (nSPS) is 15.8. The zero-order valence-corrected chi connectivity index (χ0v) is 12.7. The van der Waals surface area contributed by atoms with E-state index in [0.717, 1.165) is 12.0 Å². The first kappa shape index (κ1) is 16.6. The van der Waals surface area contributed by atoms with Crippen LogP contribution >= 0.6 is 0 Å². The summed E-state index contributed by atoms with van der Waals surface area (Å²) in [6.07, 6.45) is 1.48. The topological polar surface area (TPSA) is 55.1 Å². The largest absolute Gasteiger partial charge is 0.347 e. The highest BCUT2D eigenvalue weighted by Crippen LogP contribution is 2.23. The Morgan fingerprint density at radius 2 is 1.90 bits per heavy atom. The van der Waals surface area contributed by atoms with Gasteiger partial charge in [-0.2, -0.15) is 0 Å². The van der Waals surface area contributed by atoms with Crippen LogP contribution in [0.2, 0.25) is 0 Å². The second kappa shape index (κ2) is 6.84. The summed E-state index contributed by atoms with van der Waals surface area (Å²) in [4.78, 5) is 12.3. The van der Waals surface area contributed by atoms with E-state index in [0.29, 0.717) is 6.42 Å². The van der Waals surface area contributed by atoms with Gasteiger partial charge in [-0.05, 0) is 37.0 Å². The molecule has 0 aliphatic heterocycles. The molecular weight excluding hydrogens is 255 g/mol. The van der Waals surface area contributed by atoms with Crippen LogP contribution in [0.1, 0.15) is 52.1 Å². The molecular formula is C16H25FN2O. The molecule has 1 rings (SSSR count). The molecule has 0 aromatic heterocycles. The molecule has 4 heteroatoms. The van der Waals surface area contributed by atoms with Crippen LogP contribution in [0, 0.1) is 11.7 Å². The average molecular weight is 280 g/mol. The van der Waals surface area contributed by atoms with Crippen molar-refractivity contribution in [2.24, 2.45) is 11.7 Å². The molecule has 0 heterocycles. The highest BCUT2D eigenvalue weighted by Gasteiger charge is 2.30. The van der Waals surface area contributed by atoms with Gasteiger partial charge < -0.3 is 11.1 Å². The van der Waals surface area contributed by atoms with Crippen LogP contribution in [-0.2, 0) is 4.79 Å². The molecule has 3 nitrogen and oxygen atoms in total. The van der Waals surface area contributed by atoms with Crippen molar-refractivity contribution in [2.75, 3.05) is 0 Å². The fourth-order valence-electron chi connectivity index (χ4n) is 2.24. The molecule has 2 atom stereocenters. The summed E-state index contributed by atoms with van der Waals surface area (Å²) in [5.74, 6) is -0.249. The SMILES string of the molecule is CCCC(C)(N)C(=O)NC(c1ccc(F)cc1)C(C)C. The van der Waals surface area contributed by atoms with Gasteiger partial charge in [0, 0.05) is 0 Å². The van der Waals surface area contributed by atoms with Crippen LogP contribution in [0.4, 0.5) is 4.39 Å². The maximum atomic E-state index is 13.0. The molecule has 0 spiro atoms. The number of hydrogen-bond donors (Lipinski definition) is 2. The van der Waals surface area contributed by atoms with Gasteiger partial charge in [0.05, 0.1) is 11.6 Å². The third kappa shape index (κ3) is 4.30. The van der Waals surface area contributed by atoms with E-state index in [-0.39, 0.29) is 23.7 Å². The Kier molecular flexibility index (Phi) is 5.69. The van der Waals surface area contributed by atoms with Gasteiger partial charge in [0.1, 0.15) is 5.82 Å². The van der Waals surface area contributed by atoms with Crippen molar-refractivity contribution >= 4 is 5.91 Å². The molecule has 0 aliphatic rings. The van der Waals surface area contributed by atoms with Gasteiger partial charge in [-0.25, -0.2) is 4.39 Å². The van der Waals surface area contributed by atoms with Crippen molar-refractivity contribution in [3.8, 4) is 0 Å². The van der Waals surface area contributed by atoms with Crippen molar-refractivity contribution < 1.29 is 9.18 Å². The Morgan fingerprint density at radius 1 is 1.35 bits per heavy atom. The number of nitrogens with two attached hydrogens (primary N) is 1. The summed E-state index contributed by atoms with van der Waals surface area (Å²) < 4.78 is 13.0. The third-order valence-electron chi connectivity index (χ3n) is 3.47. The van der Waals surface area contributed by atoms with Gasteiger partial charge in [0.2, 0.25) is 5.91 Å². The lowest BCUT2D eigenvalue weighted by atomic mass is 9.92. The molecule has 0 bridgehead atoms. The summed E-state index contributed by atoms with van der Waals surface area (Å²) in [5.41, 5.74) is 6.07. The van der Waals surface area contributed by atoms with E-state index in [9.17, 15) is 9.18 Å². The summed E-state index contributed by atoms with van der Waals surface area (Å²) in [6, 6.07) is 6.06. The van der Waals surface area contributed by atoms with Crippen LogP contribution in [0.15, 0.2) is 24.3 Å². The third-order valence-corrected chi connectivity index (χ3v) is 3.47. The van der Waals surface area contributed by atoms with Crippen LogP contribution in [0.3, 0.4) is 0 Å². The Labute approximate surface area is 120 Å². The average Bonchev–Trinajstić information content (AvgIpc) is 2.36. The first-order valence-corrected chi connectivity index (χ1v) is 7.13. The van der Waals surface area contributed by atoms with Crippen LogP contribution in [-0.4, -0.2) is 11.4 Å². The first-order valence-electron chi connectivity index (χ1n) is 7.13. The molecule has 0 aliphatic carbocycles. The van der Waals surface area contributed by atoms with Crippen LogP contribution in [0.25, 0.3) is 0 Å². The maximum Gasteiger partial charge on any atom is 0.240 e. The smallest absolute Gasteiger partial charge is 0.240 e. The Balaban J connectivity index is 2.88. The zero-order valence-electron chi connectivity index (χ0n) is 12.7. The Bertz CT molecular complexity index is 440. The lowest BCUT2D eigenvalue weighted by Crippen LogP contribution is -2.52. The maximum absolute atomic E-state index is 13.0. The number of benzene rings is 1. The molecule has 1 amide bonds. The molecule has 0 saturated heterocycles. The van der Waals surface area contributed by atoms with E-state index in [1.165, 1.54) is 12.1 Å². The van der Waals surface area contributed by atoms with Gasteiger partial charge in [-0.3, -0.25) is 4.79 Å². The molecule has 0 saturated carbocycles. The van der Waals surface area contributed by atoms with Gasteiger partial charge >= 0.3 is 0 Å². The van der Waals surface area contributed by atoms with E-state index in [2.05, 4.69) is 5.32 Å². The molecule has 0 radical (unpaired) electrons. The van der Waals surface area contributed by atoms with Gasteiger partial charge in [0.25, 0.3) is 0 Å². The standard InChI is InChI=1S/C16H25FN2O/c1-5-10-16(4,18)15(20)19-14(11(2)3)12-6-8-13(17)9-7-12/h6-9,11,14H,5,10,18H2,1-4H3,(H,19,20).